The van der Waals surface area contributed by atoms with Crippen LogP contribution in [-0.2, 0) is 16.0 Å². The van der Waals surface area contributed by atoms with E-state index in [1.165, 1.54) is 0 Å². The van der Waals surface area contributed by atoms with Crippen molar-refractivity contribution in [2.45, 2.75) is 24.8 Å². The van der Waals surface area contributed by atoms with Crippen LogP contribution in [0.2, 0.25) is 0 Å². The molecule has 1 fully saturated rings. The largest absolute Gasteiger partial charge is 0.341 e. The first kappa shape index (κ1) is 15.4. The van der Waals surface area contributed by atoms with Gasteiger partial charge in [0.05, 0.1) is 6.42 Å². The van der Waals surface area contributed by atoms with Gasteiger partial charge in [0.15, 0.2) is 0 Å². The Morgan fingerprint density at radius 2 is 2.14 bits per heavy atom. The Bertz CT molecular complexity index is 632. The Morgan fingerprint density at radius 1 is 1.41 bits per heavy atom. The van der Waals surface area contributed by atoms with Crippen LogP contribution in [-0.4, -0.2) is 39.8 Å². The standard InChI is InChI=1S/C16H17ClN2O2S/c1-10-12(8-17)9-22-16-14(15(21)19(10)16)18-13(20)7-11-5-3-2-4-6-11/h2-6,14,16H,7-9H2,1H3,(H,18,20). The normalized spacial score (nSPS) is 23.9. The highest BCUT2D eigenvalue weighted by atomic mass is 35.5. The van der Waals surface area contributed by atoms with Crippen molar-refractivity contribution >= 4 is 35.2 Å². The van der Waals surface area contributed by atoms with E-state index in [4.69, 9.17) is 11.6 Å². The molecule has 0 saturated carbocycles. The van der Waals surface area contributed by atoms with E-state index in [2.05, 4.69) is 5.32 Å². The molecule has 3 rings (SSSR count). The van der Waals surface area contributed by atoms with Crippen LogP contribution >= 0.6 is 23.4 Å². The van der Waals surface area contributed by atoms with Gasteiger partial charge in [-0.2, -0.15) is 0 Å². The Morgan fingerprint density at radius 3 is 2.82 bits per heavy atom. The summed E-state index contributed by atoms with van der Waals surface area (Å²) < 4.78 is 0. The summed E-state index contributed by atoms with van der Waals surface area (Å²) in [7, 11) is 0. The van der Waals surface area contributed by atoms with Crippen LogP contribution in [0.15, 0.2) is 41.6 Å². The predicted octanol–water partition coefficient (Wildman–Crippen LogP) is 2.14. The molecule has 116 valence electrons. The number of allylic oxidation sites excluding steroid dienone is 1. The smallest absolute Gasteiger partial charge is 0.253 e. The number of benzene rings is 1. The van der Waals surface area contributed by atoms with Gasteiger partial charge in [-0.3, -0.25) is 14.5 Å². The molecule has 0 aromatic heterocycles. The van der Waals surface area contributed by atoms with Gasteiger partial charge in [0.25, 0.3) is 5.91 Å². The van der Waals surface area contributed by atoms with E-state index >= 15 is 0 Å². The van der Waals surface area contributed by atoms with Crippen molar-refractivity contribution < 1.29 is 9.59 Å². The van der Waals surface area contributed by atoms with Crippen molar-refractivity contribution in [3.05, 3.63) is 47.2 Å². The van der Waals surface area contributed by atoms with Crippen molar-refractivity contribution in [3.63, 3.8) is 0 Å². The molecular formula is C16H17ClN2O2S. The van der Waals surface area contributed by atoms with Crippen molar-refractivity contribution in [2.75, 3.05) is 11.6 Å². The number of alkyl halides is 1. The number of carbonyl (C=O) groups excluding carboxylic acids is 2. The minimum Gasteiger partial charge on any atom is -0.341 e. The van der Waals surface area contributed by atoms with Gasteiger partial charge in [-0.25, -0.2) is 0 Å². The molecule has 0 radical (unpaired) electrons. The first-order chi connectivity index (χ1) is 10.6. The third-order valence-electron chi connectivity index (χ3n) is 4.03. The summed E-state index contributed by atoms with van der Waals surface area (Å²) in [5, 5.41) is 2.86. The zero-order valence-electron chi connectivity index (χ0n) is 12.2. The molecule has 2 heterocycles. The second-order valence-electron chi connectivity index (χ2n) is 5.44. The van der Waals surface area contributed by atoms with Crippen molar-refractivity contribution in [1.82, 2.24) is 10.2 Å². The van der Waals surface area contributed by atoms with E-state index in [1.807, 2.05) is 37.3 Å². The topological polar surface area (TPSA) is 49.4 Å². The molecule has 2 atom stereocenters. The van der Waals surface area contributed by atoms with Gasteiger partial charge < -0.3 is 5.32 Å². The van der Waals surface area contributed by atoms with E-state index in [-0.39, 0.29) is 17.2 Å². The highest BCUT2D eigenvalue weighted by Crippen LogP contribution is 2.40. The molecule has 0 spiro atoms. The Balaban J connectivity index is 1.63. The lowest BCUT2D eigenvalue weighted by atomic mass is 10.0. The van der Waals surface area contributed by atoms with Gasteiger partial charge >= 0.3 is 0 Å². The summed E-state index contributed by atoms with van der Waals surface area (Å²) in [6, 6.07) is 9.10. The summed E-state index contributed by atoms with van der Waals surface area (Å²) in [5.74, 6) is 1.10. The fourth-order valence-electron chi connectivity index (χ4n) is 2.73. The molecule has 4 nitrogen and oxygen atoms in total. The molecule has 2 amide bonds. The zero-order chi connectivity index (χ0) is 15.7. The number of fused-ring (bicyclic) bond motifs is 1. The molecule has 2 aliphatic rings. The third kappa shape index (κ3) is 2.75. The maximum atomic E-state index is 12.3. The van der Waals surface area contributed by atoms with Gasteiger partial charge in [-0.1, -0.05) is 30.3 Å². The monoisotopic (exact) mass is 336 g/mol. The van der Waals surface area contributed by atoms with Gasteiger partial charge in [0.2, 0.25) is 5.91 Å². The third-order valence-corrected chi connectivity index (χ3v) is 5.69. The number of amides is 2. The summed E-state index contributed by atoms with van der Waals surface area (Å²) in [6.45, 7) is 1.92. The van der Waals surface area contributed by atoms with Crippen molar-refractivity contribution in [2.24, 2.45) is 0 Å². The van der Waals surface area contributed by atoms with Gasteiger partial charge in [-0.15, -0.1) is 23.4 Å². The molecule has 1 N–H and O–H groups in total. The molecule has 1 aromatic rings. The first-order valence-electron chi connectivity index (χ1n) is 7.14. The summed E-state index contributed by atoms with van der Waals surface area (Å²) in [5.41, 5.74) is 2.98. The molecule has 1 aromatic carbocycles. The van der Waals surface area contributed by atoms with Crippen LogP contribution in [0.25, 0.3) is 0 Å². The average Bonchev–Trinajstić information content (AvgIpc) is 2.53. The summed E-state index contributed by atoms with van der Waals surface area (Å²) in [6.07, 6.45) is 0.295. The van der Waals surface area contributed by atoms with Gasteiger partial charge in [-0.05, 0) is 18.1 Å². The van der Waals surface area contributed by atoms with E-state index in [1.54, 1.807) is 16.7 Å². The average molecular weight is 337 g/mol. The molecule has 22 heavy (non-hydrogen) atoms. The van der Waals surface area contributed by atoms with Crippen LogP contribution in [0.5, 0.6) is 0 Å². The van der Waals surface area contributed by atoms with E-state index in [9.17, 15) is 9.59 Å². The lowest BCUT2D eigenvalue weighted by Gasteiger charge is -2.50. The van der Waals surface area contributed by atoms with Crippen LogP contribution in [0.4, 0.5) is 0 Å². The van der Waals surface area contributed by atoms with Crippen LogP contribution < -0.4 is 5.32 Å². The van der Waals surface area contributed by atoms with Crippen LogP contribution in [0, 0.1) is 0 Å². The number of carbonyl (C=O) groups is 2. The number of hydrogen-bond acceptors (Lipinski definition) is 3. The summed E-state index contributed by atoms with van der Waals surface area (Å²) >= 11 is 7.55. The maximum Gasteiger partial charge on any atom is 0.253 e. The lowest BCUT2D eigenvalue weighted by Crippen LogP contribution is -2.69. The molecule has 1 saturated heterocycles. The number of nitrogens with zero attached hydrogens (tertiary/aromatic N) is 1. The number of thioether (sulfide) groups is 1. The molecule has 0 bridgehead atoms. The van der Waals surface area contributed by atoms with Gasteiger partial charge in [0.1, 0.15) is 11.4 Å². The zero-order valence-corrected chi connectivity index (χ0v) is 13.8. The predicted molar refractivity (Wildman–Crippen MR) is 88.6 cm³/mol. The first-order valence-corrected chi connectivity index (χ1v) is 8.72. The number of β-lactam (4-membered cyclic amide) rings is 1. The second-order valence-corrected chi connectivity index (χ2v) is 6.81. The molecule has 0 aliphatic carbocycles. The molecule has 6 heteroatoms. The molecule has 2 aliphatic heterocycles. The van der Waals surface area contributed by atoms with Gasteiger partial charge in [0, 0.05) is 17.3 Å². The lowest BCUT2D eigenvalue weighted by molar-refractivity contribution is -0.145. The highest BCUT2D eigenvalue weighted by molar-refractivity contribution is 8.00. The second kappa shape index (κ2) is 6.34. The Kier molecular flexibility index (Phi) is 4.45. The van der Waals surface area contributed by atoms with Crippen LogP contribution in [0.1, 0.15) is 12.5 Å². The fourth-order valence-corrected chi connectivity index (χ4v) is 4.60. The van der Waals surface area contributed by atoms with E-state index in [0.717, 1.165) is 22.6 Å². The fraction of sp³-hybridized carbons (Fsp3) is 0.375. The van der Waals surface area contributed by atoms with Crippen LogP contribution in [0.3, 0.4) is 0 Å². The summed E-state index contributed by atoms with van der Waals surface area (Å²) in [4.78, 5) is 26.1. The molecular weight excluding hydrogens is 320 g/mol. The van der Waals surface area contributed by atoms with Crippen molar-refractivity contribution in [1.29, 1.82) is 0 Å². The number of hydrogen-bond donors (Lipinski definition) is 1. The van der Waals surface area contributed by atoms with Crippen molar-refractivity contribution in [3.8, 4) is 0 Å². The van der Waals surface area contributed by atoms with E-state index < -0.39 is 6.04 Å². The van der Waals surface area contributed by atoms with E-state index in [0.29, 0.717) is 12.3 Å². The number of halogens is 1. The minimum atomic E-state index is -0.423. The Labute approximate surface area is 138 Å². The minimum absolute atomic E-state index is 0.000750. The maximum absolute atomic E-state index is 12.3. The Hall–Kier alpha value is -1.46. The SMILES string of the molecule is CC1=C(CCl)CSC2C(NC(=O)Cc3ccccc3)C(=O)N12. The number of rotatable bonds is 4. The highest BCUT2D eigenvalue weighted by Gasteiger charge is 2.51. The quantitative estimate of drug-likeness (QED) is 0.677. The number of nitrogens with one attached hydrogen (secondary N) is 1. The molecule has 2 unspecified atom stereocenters.